The predicted octanol–water partition coefficient (Wildman–Crippen LogP) is 8.34. The highest BCUT2D eigenvalue weighted by atomic mass is 15.1. The minimum Gasteiger partial charge on any atom is -0.378 e. The summed E-state index contributed by atoms with van der Waals surface area (Å²) in [6.07, 6.45) is 2.35. The molecule has 0 aliphatic heterocycles. The molecule has 0 aliphatic carbocycles. The summed E-state index contributed by atoms with van der Waals surface area (Å²) in [6.45, 7) is 20.2. The fourth-order valence-electron chi connectivity index (χ4n) is 2.94. The third-order valence-electron chi connectivity index (χ3n) is 4.59. The third-order valence-corrected chi connectivity index (χ3v) is 4.59. The van der Waals surface area contributed by atoms with E-state index in [0.29, 0.717) is 0 Å². The molecule has 0 saturated heterocycles. The molecule has 0 N–H and O–H groups in total. The number of benzene rings is 2. The fraction of sp³-hybridized carbons (Fsp3) is 0.586. The highest BCUT2D eigenvalue weighted by Gasteiger charge is 2.00. The summed E-state index contributed by atoms with van der Waals surface area (Å²) < 4.78 is 0. The highest BCUT2D eigenvalue weighted by molar-refractivity contribution is 5.47. The minimum atomic E-state index is 0.741. The van der Waals surface area contributed by atoms with E-state index >= 15 is 0 Å². The van der Waals surface area contributed by atoms with Gasteiger partial charge in [0.1, 0.15) is 0 Å². The summed E-state index contributed by atoms with van der Waals surface area (Å²) in [6, 6.07) is 17.7. The number of nitrogens with zero attached hydrogens (tertiary/aromatic N) is 2. The van der Waals surface area contributed by atoms with E-state index in [-0.39, 0.29) is 0 Å². The minimum absolute atomic E-state index is 0.741. The van der Waals surface area contributed by atoms with Crippen molar-refractivity contribution in [1.82, 2.24) is 0 Å². The molecule has 2 nitrogen and oxygen atoms in total. The van der Waals surface area contributed by atoms with Crippen molar-refractivity contribution < 1.29 is 0 Å². The summed E-state index contributed by atoms with van der Waals surface area (Å²) in [5.74, 6) is 1.48. The van der Waals surface area contributed by atoms with Gasteiger partial charge in [0.05, 0.1) is 0 Å². The van der Waals surface area contributed by atoms with E-state index in [1.807, 2.05) is 27.7 Å². The Kier molecular flexibility index (Phi) is 18.9. The zero-order valence-electron chi connectivity index (χ0n) is 22.8. The molecule has 178 valence electrons. The number of rotatable bonds is 7. The van der Waals surface area contributed by atoms with Crippen molar-refractivity contribution in [2.45, 2.75) is 75.2 Å². The molecular weight excluding hydrogens is 376 g/mol. The van der Waals surface area contributed by atoms with Crippen molar-refractivity contribution in [1.29, 1.82) is 0 Å². The van der Waals surface area contributed by atoms with Gasteiger partial charge >= 0.3 is 0 Å². The van der Waals surface area contributed by atoms with E-state index < -0.39 is 0 Å². The number of hydrogen-bond donors (Lipinski definition) is 0. The summed E-state index contributed by atoms with van der Waals surface area (Å²) in [5.41, 5.74) is 5.45. The Hall–Kier alpha value is -1.96. The van der Waals surface area contributed by atoms with Gasteiger partial charge < -0.3 is 9.80 Å². The number of anilines is 2. The molecule has 0 aliphatic rings. The van der Waals surface area contributed by atoms with Gasteiger partial charge in [0.2, 0.25) is 0 Å². The highest BCUT2D eigenvalue weighted by Crippen LogP contribution is 2.16. The maximum absolute atomic E-state index is 2.26. The first-order chi connectivity index (χ1) is 14.7. The molecule has 0 amide bonds. The van der Waals surface area contributed by atoms with Crippen LogP contribution in [0.15, 0.2) is 48.5 Å². The Morgan fingerprint density at radius 3 is 1.16 bits per heavy atom. The van der Waals surface area contributed by atoms with Crippen LogP contribution in [0.25, 0.3) is 0 Å². The molecule has 0 fully saturated rings. The number of hydrogen-bond acceptors (Lipinski definition) is 2. The van der Waals surface area contributed by atoms with Gasteiger partial charge in [-0.15, -0.1) is 0 Å². The maximum Gasteiger partial charge on any atom is 0.0363 e. The van der Waals surface area contributed by atoms with Gasteiger partial charge in [-0.1, -0.05) is 79.7 Å². The summed E-state index contributed by atoms with van der Waals surface area (Å²) in [5, 5.41) is 0. The van der Waals surface area contributed by atoms with Gasteiger partial charge in [0.15, 0.2) is 0 Å². The first kappa shape index (κ1) is 31.2. The van der Waals surface area contributed by atoms with Crippen molar-refractivity contribution in [3.8, 4) is 0 Å². The SMILES string of the molecule is CC.CC.CC(C)Cc1ccc(N(C)C)cc1.CCN(C)c1ccc(CC(C)C)cc1. The molecule has 0 spiro atoms. The molecule has 2 aromatic carbocycles. The topological polar surface area (TPSA) is 6.48 Å². The Morgan fingerprint density at radius 1 is 0.581 bits per heavy atom. The van der Waals surface area contributed by atoms with E-state index in [4.69, 9.17) is 0 Å². The maximum atomic E-state index is 2.26. The van der Waals surface area contributed by atoms with Crippen LogP contribution in [-0.4, -0.2) is 27.7 Å². The van der Waals surface area contributed by atoms with Crippen LogP contribution in [0.5, 0.6) is 0 Å². The van der Waals surface area contributed by atoms with Crippen molar-refractivity contribution >= 4 is 11.4 Å². The second kappa shape index (κ2) is 18.8. The zero-order valence-corrected chi connectivity index (χ0v) is 22.8. The molecule has 2 rings (SSSR count). The van der Waals surface area contributed by atoms with E-state index in [1.54, 1.807) is 0 Å². The first-order valence-corrected chi connectivity index (χ1v) is 12.3. The molecule has 0 bridgehead atoms. The van der Waals surface area contributed by atoms with Crippen molar-refractivity contribution in [3.05, 3.63) is 59.7 Å². The molecule has 0 saturated carbocycles. The summed E-state index contributed by atoms with van der Waals surface area (Å²) >= 11 is 0. The van der Waals surface area contributed by atoms with Crippen molar-refractivity contribution in [3.63, 3.8) is 0 Å². The van der Waals surface area contributed by atoms with E-state index in [9.17, 15) is 0 Å². The lowest BCUT2D eigenvalue weighted by Crippen LogP contribution is -2.15. The van der Waals surface area contributed by atoms with Crippen LogP contribution < -0.4 is 9.80 Å². The quantitative estimate of drug-likeness (QED) is 0.437. The fourth-order valence-corrected chi connectivity index (χ4v) is 2.94. The van der Waals surface area contributed by atoms with Gasteiger partial charge in [-0.25, -0.2) is 0 Å². The molecule has 2 aromatic rings. The smallest absolute Gasteiger partial charge is 0.0363 e. The molecular formula is C29H52N2. The van der Waals surface area contributed by atoms with Gasteiger partial charge in [-0.05, 0) is 67.0 Å². The normalized spacial score (nSPS) is 9.61. The van der Waals surface area contributed by atoms with Gasteiger partial charge in [0.25, 0.3) is 0 Å². The molecule has 2 heteroatoms. The Labute approximate surface area is 195 Å². The zero-order chi connectivity index (χ0) is 24.4. The molecule has 0 heterocycles. The standard InChI is InChI=1S/C13H21N.C12H19N.2C2H6/c1-5-14(4)13-8-6-12(7-9-13)10-11(2)3;1-10(2)9-11-5-7-12(8-6-11)13(3)4;2*1-2/h6-9,11H,5,10H2,1-4H3;5-8,10H,9H2,1-4H3;2*1-2H3. The van der Waals surface area contributed by atoms with E-state index in [0.717, 1.165) is 18.4 Å². The van der Waals surface area contributed by atoms with Crippen LogP contribution in [0.3, 0.4) is 0 Å². The van der Waals surface area contributed by atoms with E-state index in [2.05, 4.69) is 114 Å². The van der Waals surface area contributed by atoms with Crippen molar-refractivity contribution in [2.24, 2.45) is 11.8 Å². The molecule has 0 unspecified atom stereocenters. The molecule has 0 atom stereocenters. The first-order valence-electron chi connectivity index (χ1n) is 12.3. The van der Waals surface area contributed by atoms with Crippen LogP contribution in [0.4, 0.5) is 11.4 Å². The monoisotopic (exact) mass is 428 g/mol. The second-order valence-corrected chi connectivity index (χ2v) is 8.44. The average molecular weight is 429 g/mol. The molecule has 31 heavy (non-hydrogen) atoms. The Balaban J connectivity index is 0. The van der Waals surface area contributed by atoms with Crippen LogP contribution in [-0.2, 0) is 12.8 Å². The molecule has 0 radical (unpaired) electrons. The van der Waals surface area contributed by atoms with Crippen LogP contribution >= 0.6 is 0 Å². The summed E-state index contributed by atoms with van der Waals surface area (Å²) in [7, 11) is 6.26. The molecule has 0 aromatic heterocycles. The second-order valence-electron chi connectivity index (χ2n) is 8.44. The predicted molar refractivity (Wildman–Crippen MR) is 146 cm³/mol. The lowest BCUT2D eigenvalue weighted by molar-refractivity contribution is 0.647. The Morgan fingerprint density at radius 2 is 0.903 bits per heavy atom. The average Bonchev–Trinajstić information content (AvgIpc) is 2.76. The lowest BCUT2D eigenvalue weighted by atomic mass is 10.0. The largest absolute Gasteiger partial charge is 0.378 e. The van der Waals surface area contributed by atoms with Crippen LogP contribution in [0.2, 0.25) is 0 Å². The lowest BCUT2D eigenvalue weighted by Gasteiger charge is -2.17. The van der Waals surface area contributed by atoms with Crippen molar-refractivity contribution in [2.75, 3.05) is 37.5 Å². The van der Waals surface area contributed by atoms with Gasteiger partial charge in [-0.2, -0.15) is 0 Å². The van der Waals surface area contributed by atoms with Crippen LogP contribution in [0.1, 0.15) is 73.4 Å². The Bertz CT molecular complexity index is 625. The third kappa shape index (κ3) is 14.6. The van der Waals surface area contributed by atoms with Crippen LogP contribution in [0, 0.1) is 11.8 Å². The van der Waals surface area contributed by atoms with Gasteiger partial charge in [0, 0.05) is 39.1 Å². The van der Waals surface area contributed by atoms with E-state index in [1.165, 1.54) is 35.3 Å². The van der Waals surface area contributed by atoms with Gasteiger partial charge in [-0.3, -0.25) is 0 Å². The summed E-state index contributed by atoms with van der Waals surface area (Å²) in [4.78, 5) is 4.37.